The molecule has 0 saturated carbocycles. The zero-order chi connectivity index (χ0) is 11.0. The van der Waals surface area contributed by atoms with Crippen molar-refractivity contribution in [3.05, 3.63) is 0 Å². The molecule has 14 heavy (non-hydrogen) atoms. The van der Waals surface area contributed by atoms with Gasteiger partial charge in [0.1, 0.15) is 4.66 Å². The van der Waals surface area contributed by atoms with E-state index in [-0.39, 0.29) is 4.66 Å². The van der Waals surface area contributed by atoms with Crippen molar-refractivity contribution in [3.8, 4) is 0 Å². The molecule has 6 heteroatoms. The Bertz CT molecular complexity index is 231. The average molecular weight is 287 g/mol. The Labute approximate surface area is 95.2 Å². The number of likely N-dealkylation sites (N-methyl/N-ethyl adjacent to an activating group) is 1. The molecule has 0 aromatic rings. The van der Waals surface area contributed by atoms with E-state index in [1.54, 1.807) is 0 Å². The van der Waals surface area contributed by atoms with Crippen LogP contribution in [0.15, 0.2) is 0 Å². The van der Waals surface area contributed by atoms with Gasteiger partial charge >= 0.3 is 0 Å². The largest absolute Gasteiger partial charge is 0.302 e. The lowest BCUT2D eigenvalue weighted by molar-refractivity contribution is 0.293. The maximum Gasteiger partial charge on any atom is 0.221 e. The minimum Gasteiger partial charge on any atom is -0.302 e. The first-order chi connectivity index (χ1) is 6.55. The molecule has 0 aromatic heterocycles. The third-order valence-electron chi connectivity index (χ3n) is 1.88. The van der Waals surface area contributed by atoms with Gasteiger partial charge in [0.15, 0.2) is 0 Å². The quantitative estimate of drug-likeness (QED) is 0.677. The molecule has 0 heterocycles. The molecule has 0 rings (SSSR count). The lowest BCUT2D eigenvalue weighted by atomic mass is 10.4. The average Bonchev–Trinajstić information content (AvgIpc) is 2.16. The van der Waals surface area contributed by atoms with E-state index in [2.05, 4.69) is 39.4 Å². The Hall–Kier alpha value is 0.350. The third kappa shape index (κ3) is 6.75. The molecule has 0 saturated heterocycles. The van der Waals surface area contributed by atoms with E-state index in [9.17, 15) is 8.42 Å². The second-order valence-corrected chi connectivity index (χ2v) is 6.16. The van der Waals surface area contributed by atoms with E-state index >= 15 is 0 Å². The van der Waals surface area contributed by atoms with Crippen molar-refractivity contribution in [1.29, 1.82) is 0 Å². The van der Waals surface area contributed by atoms with Gasteiger partial charge in [0.25, 0.3) is 0 Å². The summed E-state index contributed by atoms with van der Waals surface area (Å²) in [5, 5.41) is 0. The Balaban J connectivity index is 3.71. The van der Waals surface area contributed by atoms with E-state index in [1.165, 1.54) is 0 Å². The van der Waals surface area contributed by atoms with Gasteiger partial charge in [-0.3, -0.25) is 0 Å². The van der Waals surface area contributed by atoms with Crippen LogP contribution in [0.4, 0.5) is 0 Å². The van der Waals surface area contributed by atoms with Crippen LogP contribution in [0.1, 0.15) is 20.3 Å². The molecule has 0 aliphatic rings. The highest BCUT2D eigenvalue weighted by Gasteiger charge is 2.07. The highest BCUT2D eigenvalue weighted by atomic mass is 79.9. The molecule has 0 aliphatic carbocycles. The first-order valence-corrected chi connectivity index (χ1v) is 7.58. The topological polar surface area (TPSA) is 49.4 Å². The lowest BCUT2D eigenvalue weighted by Crippen LogP contribution is -2.35. The number of hydrogen-bond donors (Lipinski definition) is 1. The van der Waals surface area contributed by atoms with Gasteiger partial charge in [-0.25, -0.2) is 13.1 Å². The van der Waals surface area contributed by atoms with Crippen molar-refractivity contribution in [2.45, 2.75) is 20.3 Å². The van der Waals surface area contributed by atoms with Crippen LogP contribution >= 0.6 is 15.9 Å². The Kier molecular flexibility index (Phi) is 7.81. The number of rotatable bonds is 8. The zero-order valence-corrected chi connectivity index (χ0v) is 11.2. The summed E-state index contributed by atoms with van der Waals surface area (Å²) in [4.78, 5) is 2.22. The van der Waals surface area contributed by atoms with Crippen molar-refractivity contribution in [2.75, 3.05) is 30.8 Å². The van der Waals surface area contributed by atoms with Crippen LogP contribution in [0.5, 0.6) is 0 Å². The third-order valence-corrected chi connectivity index (χ3v) is 4.62. The van der Waals surface area contributed by atoms with Gasteiger partial charge in [-0.15, -0.1) is 0 Å². The summed E-state index contributed by atoms with van der Waals surface area (Å²) in [6.07, 6.45) is 1.10. The van der Waals surface area contributed by atoms with Gasteiger partial charge in [0.2, 0.25) is 10.0 Å². The highest BCUT2D eigenvalue weighted by Crippen LogP contribution is 1.92. The maximum atomic E-state index is 11.1. The molecule has 0 spiro atoms. The van der Waals surface area contributed by atoms with Gasteiger partial charge in [0.05, 0.1) is 0 Å². The van der Waals surface area contributed by atoms with Crippen molar-refractivity contribution in [2.24, 2.45) is 0 Å². The number of nitrogens with one attached hydrogen (secondary N) is 1. The molecular formula is C8H19BrN2O2S. The van der Waals surface area contributed by atoms with Crippen molar-refractivity contribution in [1.82, 2.24) is 9.62 Å². The van der Waals surface area contributed by atoms with Crippen LogP contribution in [-0.2, 0) is 10.0 Å². The predicted molar refractivity (Wildman–Crippen MR) is 63.1 cm³/mol. The minimum absolute atomic E-state index is 0.0279. The minimum atomic E-state index is -3.10. The molecule has 4 nitrogen and oxygen atoms in total. The van der Waals surface area contributed by atoms with Gasteiger partial charge in [-0.1, -0.05) is 29.8 Å². The second kappa shape index (κ2) is 7.62. The maximum absolute atomic E-state index is 11.1. The number of nitrogens with zero attached hydrogens (tertiary/aromatic N) is 1. The second-order valence-electron chi connectivity index (χ2n) is 3.05. The molecule has 1 N–H and O–H groups in total. The molecule has 0 fully saturated rings. The molecular weight excluding hydrogens is 268 g/mol. The molecule has 0 aliphatic heterocycles. The molecule has 0 unspecified atom stereocenters. The summed E-state index contributed by atoms with van der Waals surface area (Å²) in [5.74, 6) is 0. The monoisotopic (exact) mass is 286 g/mol. The van der Waals surface area contributed by atoms with Crippen molar-refractivity contribution < 1.29 is 8.42 Å². The normalized spacial score (nSPS) is 12.3. The van der Waals surface area contributed by atoms with Crippen molar-refractivity contribution >= 4 is 26.0 Å². The van der Waals surface area contributed by atoms with E-state index < -0.39 is 10.0 Å². The molecule has 0 aromatic carbocycles. The fourth-order valence-electron chi connectivity index (χ4n) is 1.14. The summed E-state index contributed by atoms with van der Waals surface area (Å²) in [6, 6.07) is 0. The van der Waals surface area contributed by atoms with Gasteiger partial charge < -0.3 is 4.90 Å². The first-order valence-electron chi connectivity index (χ1n) is 4.81. The molecule has 0 radical (unpaired) electrons. The SMILES string of the molecule is CCCN(CC)CCNS(=O)(=O)CBr. The van der Waals surface area contributed by atoms with E-state index in [0.29, 0.717) is 6.54 Å². The summed E-state index contributed by atoms with van der Waals surface area (Å²) in [5.41, 5.74) is 0. The van der Waals surface area contributed by atoms with Crippen LogP contribution in [0.2, 0.25) is 0 Å². The number of halogens is 1. The van der Waals surface area contributed by atoms with E-state index in [0.717, 1.165) is 26.1 Å². The Morgan fingerprint density at radius 1 is 1.29 bits per heavy atom. The Morgan fingerprint density at radius 3 is 2.36 bits per heavy atom. The predicted octanol–water partition coefficient (Wildman–Crippen LogP) is 0.990. The highest BCUT2D eigenvalue weighted by molar-refractivity contribution is 9.10. The van der Waals surface area contributed by atoms with E-state index in [4.69, 9.17) is 0 Å². The van der Waals surface area contributed by atoms with Gasteiger partial charge in [-0.05, 0) is 19.5 Å². The summed E-state index contributed by atoms with van der Waals surface area (Å²) >= 11 is 2.92. The van der Waals surface area contributed by atoms with Crippen molar-refractivity contribution in [3.63, 3.8) is 0 Å². The smallest absolute Gasteiger partial charge is 0.221 e. The molecule has 86 valence electrons. The summed E-state index contributed by atoms with van der Waals surface area (Å²) in [7, 11) is -3.10. The molecule has 0 bridgehead atoms. The van der Waals surface area contributed by atoms with Crippen LogP contribution in [-0.4, -0.2) is 44.2 Å². The van der Waals surface area contributed by atoms with Gasteiger partial charge in [0, 0.05) is 13.1 Å². The van der Waals surface area contributed by atoms with Gasteiger partial charge in [-0.2, -0.15) is 0 Å². The van der Waals surface area contributed by atoms with Crippen LogP contribution in [0, 0.1) is 0 Å². The standard InChI is InChI=1S/C8H19BrN2O2S/c1-3-6-11(4-2)7-5-10-14(12,13)8-9/h10H,3-8H2,1-2H3. The van der Waals surface area contributed by atoms with Crippen LogP contribution < -0.4 is 4.72 Å². The Morgan fingerprint density at radius 2 is 1.93 bits per heavy atom. The number of alkyl halides is 1. The fraction of sp³-hybridized carbons (Fsp3) is 1.00. The lowest BCUT2D eigenvalue weighted by Gasteiger charge is -2.19. The fourth-order valence-corrected chi connectivity index (χ4v) is 2.11. The number of sulfonamides is 1. The molecule has 0 amide bonds. The summed E-state index contributed by atoms with van der Waals surface area (Å²) in [6.45, 7) is 7.44. The zero-order valence-electron chi connectivity index (χ0n) is 8.79. The van der Waals surface area contributed by atoms with Crippen LogP contribution in [0.25, 0.3) is 0 Å². The van der Waals surface area contributed by atoms with Crippen LogP contribution in [0.3, 0.4) is 0 Å². The molecule has 0 atom stereocenters. The first kappa shape index (κ1) is 14.3. The number of hydrogen-bond acceptors (Lipinski definition) is 3. The summed E-state index contributed by atoms with van der Waals surface area (Å²) < 4.78 is 24.6. The van der Waals surface area contributed by atoms with E-state index in [1.807, 2.05) is 0 Å².